The molecule has 1 aliphatic rings. The maximum atomic E-state index is 13.5. The summed E-state index contributed by atoms with van der Waals surface area (Å²) in [7, 11) is 0. The molecule has 2 aromatic heterocycles. The van der Waals surface area contributed by atoms with Crippen LogP contribution < -0.4 is 11.3 Å². The number of nitrogens with two attached hydrogens (primary N) is 1. The van der Waals surface area contributed by atoms with Crippen molar-refractivity contribution in [3.05, 3.63) is 51.9 Å². The lowest BCUT2D eigenvalue weighted by Crippen LogP contribution is -2.26. The Bertz CT molecular complexity index is 1030. The minimum atomic E-state index is 0.0233. The number of pyridine rings is 1. The van der Waals surface area contributed by atoms with Crippen molar-refractivity contribution in [1.29, 1.82) is 0 Å². The van der Waals surface area contributed by atoms with Crippen molar-refractivity contribution in [3.63, 3.8) is 0 Å². The molecule has 1 aromatic carbocycles. The first-order chi connectivity index (χ1) is 12.6. The van der Waals surface area contributed by atoms with Gasteiger partial charge in [-0.3, -0.25) is 9.36 Å². The highest BCUT2D eigenvalue weighted by molar-refractivity contribution is 5.84. The third-order valence-electron chi connectivity index (χ3n) is 5.44. The van der Waals surface area contributed by atoms with Crippen molar-refractivity contribution in [3.8, 4) is 11.1 Å². The highest BCUT2D eigenvalue weighted by Crippen LogP contribution is 2.32. The van der Waals surface area contributed by atoms with Crippen molar-refractivity contribution in [1.82, 2.24) is 14.5 Å². The summed E-state index contributed by atoms with van der Waals surface area (Å²) >= 11 is 0. The second-order valence-corrected chi connectivity index (χ2v) is 7.13. The van der Waals surface area contributed by atoms with Gasteiger partial charge in [-0.25, -0.2) is 4.98 Å². The van der Waals surface area contributed by atoms with E-state index in [2.05, 4.69) is 29.0 Å². The molecule has 0 bridgehead atoms. The Morgan fingerprint density at radius 1 is 1.19 bits per heavy atom. The molecule has 1 fully saturated rings. The Hall–Kier alpha value is -2.69. The van der Waals surface area contributed by atoms with Gasteiger partial charge in [-0.15, -0.1) is 0 Å². The fourth-order valence-corrected chi connectivity index (χ4v) is 4.04. The molecule has 0 aliphatic heterocycles. The van der Waals surface area contributed by atoms with Gasteiger partial charge >= 0.3 is 0 Å². The van der Waals surface area contributed by atoms with E-state index < -0.39 is 0 Å². The van der Waals surface area contributed by atoms with Crippen LogP contribution in [0.1, 0.15) is 49.9 Å². The van der Waals surface area contributed by atoms with Crippen LogP contribution in [0.15, 0.2) is 35.1 Å². The molecule has 2 N–H and O–H groups in total. The molecule has 0 radical (unpaired) electrons. The van der Waals surface area contributed by atoms with Gasteiger partial charge in [0.05, 0.1) is 5.69 Å². The molecule has 4 rings (SSSR count). The maximum absolute atomic E-state index is 13.5. The van der Waals surface area contributed by atoms with Gasteiger partial charge in [0, 0.05) is 17.0 Å². The number of aromatic nitrogens is 3. The molecule has 0 unspecified atom stereocenters. The normalized spacial score (nSPS) is 15.0. The standard InChI is InChI=1S/C21H24N4O/c1-3-14-7-6-8-15(11-14)18-12-17-13(2)23-21(22)24-19(17)25(20(18)26)16-9-4-5-10-16/h6-8,11-12,16H,3-5,9-10H2,1-2H3,(H2,22,23,24). The average molecular weight is 348 g/mol. The third-order valence-corrected chi connectivity index (χ3v) is 5.44. The van der Waals surface area contributed by atoms with Gasteiger partial charge in [-0.1, -0.05) is 44.0 Å². The van der Waals surface area contributed by atoms with Gasteiger partial charge in [0.1, 0.15) is 5.65 Å². The second-order valence-electron chi connectivity index (χ2n) is 7.13. The first-order valence-corrected chi connectivity index (χ1v) is 9.37. The Labute approximate surface area is 152 Å². The largest absolute Gasteiger partial charge is 0.368 e. The van der Waals surface area contributed by atoms with Crippen molar-refractivity contribution in [2.24, 2.45) is 0 Å². The number of aryl methyl sites for hydroxylation is 2. The molecule has 1 aliphatic carbocycles. The van der Waals surface area contributed by atoms with E-state index in [-0.39, 0.29) is 17.5 Å². The second kappa shape index (κ2) is 6.56. The predicted octanol–water partition coefficient (Wildman–Crippen LogP) is 4.03. The average Bonchev–Trinajstić information content (AvgIpc) is 3.15. The SMILES string of the molecule is CCc1cccc(-c2cc3c(C)nc(N)nc3n(C3CCCC3)c2=O)c1. The van der Waals surface area contributed by atoms with Crippen LogP contribution in [0.4, 0.5) is 5.95 Å². The number of hydrogen-bond donors (Lipinski definition) is 1. The Morgan fingerprint density at radius 3 is 2.69 bits per heavy atom. The monoisotopic (exact) mass is 348 g/mol. The summed E-state index contributed by atoms with van der Waals surface area (Å²) in [5, 5.41) is 0.905. The molecule has 26 heavy (non-hydrogen) atoms. The van der Waals surface area contributed by atoms with Gasteiger partial charge < -0.3 is 5.73 Å². The van der Waals surface area contributed by atoms with Crippen LogP contribution >= 0.6 is 0 Å². The zero-order valence-electron chi connectivity index (χ0n) is 15.3. The molecule has 5 heteroatoms. The van der Waals surface area contributed by atoms with E-state index in [4.69, 9.17) is 5.73 Å². The van der Waals surface area contributed by atoms with Crippen LogP contribution in [0.25, 0.3) is 22.2 Å². The number of hydrogen-bond acceptors (Lipinski definition) is 4. The van der Waals surface area contributed by atoms with Crippen molar-refractivity contribution >= 4 is 17.0 Å². The number of anilines is 1. The lowest BCUT2D eigenvalue weighted by molar-refractivity contribution is 0.516. The van der Waals surface area contributed by atoms with E-state index in [0.29, 0.717) is 5.65 Å². The lowest BCUT2D eigenvalue weighted by atomic mass is 10.0. The minimum Gasteiger partial charge on any atom is -0.368 e. The Kier molecular flexibility index (Phi) is 4.23. The van der Waals surface area contributed by atoms with E-state index in [9.17, 15) is 4.79 Å². The van der Waals surface area contributed by atoms with Crippen molar-refractivity contribution in [2.75, 3.05) is 5.73 Å². The van der Waals surface area contributed by atoms with Crippen LogP contribution in [0.2, 0.25) is 0 Å². The molecule has 5 nitrogen and oxygen atoms in total. The van der Waals surface area contributed by atoms with Crippen LogP contribution in [-0.4, -0.2) is 14.5 Å². The maximum Gasteiger partial charge on any atom is 0.260 e. The van der Waals surface area contributed by atoms with Gasteiger partial charge in [0.25, 0.3) is 5.56 Å². The number of nitrogen functional groups attached to an aromatic ring is 1. The Balaban J connectivity index is 2.05. The third kappa shape index (κ3) is 2.77. The van der Waals surface area contributed by atoms with Crippen LogP contribution in [0, 0.1) is 6.92 Å². The lowest BCUT2D eigenvalue weighted by Gasteiger charge is -2.19. The molecular weight excluding hydrogens is 324 g/mol. The quantitative estimate of drug-likeness (QED) is 0.775. The van der Waals surface area contributed by atoms with E-state index in [0.717, 1.165) is 54.3 Å². The minimum absolute atomic E-state index is 0.0233. The van der Waals surface area contributed by atoms with Gasteiger partial charge in [0.15, 0.2) is 0 Å². The summed E-state index contributed by atoms with van der Waals surface area (Å²) in [6, 6.07) is 10.3. The summed E-state index contributed by atoms with van der Waals surface area (Å²) in [5.41, 5.74) is 10.3. The Morgan fingerprint density at radius 2 is 1.96 bits per heavy atom. The van der Waals surface area contributed by atoms with Crippen LogP contribution in [0.5, 0.6) is 0 Å². The zero-order chi connectivity index (χ0) is 18.3. The molecule has 1 saturated carbocycles. The smallest absolute Gasteiger partial charge is 0.260 e. The summed E-state index contributed by atoms with van der Waals surface area (Å²) < 4.78 is 1.88. The van der Waals surface area contributed by atoms with E-state index in [1.54, 1.807) is 0 Å². The zero-order valence-corrected chi connectivity index (χ0v) is 15.3. The van der Waals surface area contributed by atoms with E-state index >= 15 is 0 Å². The van der Waals surface area contributed by atoms with Gasteiger partial charge in [-0.2, -0.15) is 4.98 Å². The fraction of sp³-hybridized carbons (Fsp3) is 0.381. The van der Waals surface area contributed by atoms with Gasteiger partial charge in [0.2, 0.25) is 5.95 Å². The molecule has 0 saturated heterocycles. The van der Waals surface area contributed by atoms with Crippen LogP contribution in [-0.2, 0) is 6.42 Å². The molecule has 3 aromatic rings. The molecule has 0 spiro atoms. The number of benzene rings is 1. The summed E-state index contributed by atoms with van der Waals surface area (Å²) in [6.07, 6.45) is 5.26. The number of fused-ring (bicyclic) bond motifs is 1. The molecule has 2 heterocycles. The molecule has 134 valence electrons. The highest BCUT2D eigenvalue weighted by atomic mass is 16.1. The van der Waals surface area contributed by atoms with Crippen molar-refractivity contribution < 1.29 is 0 Å². The molecule has 0 amide bonds. The highest BCUT2D eigenvalue weighted by Gasteiger charge is 2.23. The fourth-order valence-electron chi connectivity index (χ4n) is 4.04. The molecular formula is C21H24N4O. The van der Waals surface area contributed by atoms with E-state index in [1.807, 2.05) is 29.7 Å². The predicted molar refractivity (Wildman–Crippen MR) is 105 cm³/mol. The number of rotatable bonds is 3. The van der Waals surface area contributed by atoms with E-state index in [1.165, 1.54) is 5.56 Å². The summed E-state index contributed by atoms with van der Waals surface area (Å²) in [6.45, 7) is 4.05. The first-order valence-electron chi connectivity index (χ1n) is 9.37. The van der Waals surface area contributed by atoms with Crippen LogP contribution in [0.3, 0.4) is 0 Å². The number of nitrogens with zero attached hydrogens (tertiary/aromatic N) is 3. The van der Waals surface area contributed by atoms with Crippen molar-refractivity contribution in [2.45, 2.75) is 52.0 Å². The summed E-state index contributed by atoms with van der Waals surface area (Å²) in [5.74, 6) is 0.224. The summed E-state index contributed by atoms with van der Waals surface area (Å²) in [4.78, 5) is 22.2. The van der Waals surface area contributed by atoms with Gasteiger partial charge in [-0.05, 0) is 43.4 Å². The first kappa shape index (κ1) is 16.8. The molecule has 0 atom stereocenters. The topological polar surface area (TPSA) is 73.8 Å².